The van der Waals surface area contributed by atoms with Crippen LogP contribution in [0, 0.1) is 6.92 Å². The van der Waals surface area contributed by atoms with Crippen molar-refractivity contribution in [3.05, 3.63) is 156 Å². The van der Waals surface area contributed by atoms with Gasteiger partial charge in [0.1, 0.15) is 41.8 Å². The van der Waals surface area contributed by atoms with Crippen LogP contribution in [0.1, 0.15) is 27.6 Å². The Hall–Kier alpha value is -5.31. The Kier molecular flexibility index (Phi) is 10.5. The third kappa shape index (κ3) is 7.97. The van der Waals surface area contributed by atoms with Crippen LogP contribution in [0.2, 0.25) is 0 Å². The molecule has 0 aromatic heterocycles. The van der Waals surface area contributed by atoms with Gasteiger partial charge in [-0.1, -0.05) is 78.9 Å². The normalized spacial score (nSPS) is 20.4. The molecule has 1 saturated heterocycles. The monoisotopic (exact) mass is 645 g/mol. The van der Waals surface area contributed by atoms with E-state index in [1.54, 1.807) is 7.05 Å². The van der Waals surface area contributed by atoms with E-state index in [0.717, 1.165) is 11.1 Å². The van der Waals surface area contributed by atoms with E-state index in [4.69, 9.17) is 28.5 Å². The lowest BCUT2D eigenvalue weighted by Crippen LogP contribution is -2.62. The number of para-hydroxylation sites is 4. The molecule has 246 valence electrons. The Labute approximate surface area is 281 Å². The average Bonchev–Trinajstić information content (AvgIpc) is 3.13. The van der Waals surface area contributed by atoms with Crippen molar-refractivity contribution < 1.29 is 33.3 Å². The quantitative estimate of drug-likeness (QED) is 0.130. The van der Waals surface area contributed by atoms with Gasteiger partial charge in [-0.2, -0.15) is 0 Å². The van der Waals surface area contributed by atoms with Crippen LogP contribution < -0.4 is 18.9 Å². The van der Waals surface area contributed by atoms with E-state index >= 15 is 0 Å². The summed E-state index contributed by atoms with van der Waals surface area (Å²) >= 11 is 0. The Morgan fingerprint density at radius 1 is 0.646 bits per heavy atom. The number of amides is 1. The predicted molar refractivity (Wildman–Crippen MR) is 182 cm³/mol. The summed E-state index contributed by atoms with van der Waals surface area (Å²) in [4.78, 5) is 18.5. The molecule has 0 unspecified atom stereocenters. The molecule has 1 heterocycles. The lowest BCUT2D eigenvalue weighted by Gasteiger charge is -2.46. The van der Waals surface area contributed by atoms with Crippen molar-refractivity contribution in [1.29, 1.82) is 0 Å². The number of benzene rings is 5. The van der Waals surface area contributed by atoms with E-state index in [1.807, 2.05) is 146 Å². The smallest absolute Gasteiger partial charge is 0.277 e. The standard InChI is InChI=1S/C40H39NO7/c1-28-24-29(26-30(25-28)40(42)41(2)43-3)36-38(46-33-20-12-6-13-21-33)39(47-34-22-14-7-15-23-34)37(45-32-18-10-5-11-19-32)35(48-36)27-44-31-16-8-4-9-17-31/h4-26,35-39H,27H2,1-3H3/t35-,36-,37-,38-,39+/m1/s1. The van der Waals surface area contributed by atoms with Crippen molar-refractivity contribution in [2.45, 2.75) is 37.4 Å². The Morgan fingerprint density at radius 3 is 1.65 bits per heavy atom. The molecule has 0 aliphatic carbocycles. The molecule has 8 heteroatoms. The number of carbonyl (C=O) groups excluding carboxylic acids is 1. The van der Waals surface area contributed by atoms with Gasteiger partial charge in [0.2, 0.25) is 0 Å². The van der Waals surface area contributed by atoms with Gasteiger partial charge in [-0.25, -0.2) is 5.06 Å². The molecular weight excluding hydrogens is 606 g/mol. The van der Waals surface area contributed by atoms with E-state index in [9.17, 15) is 4.79 Å². The second-order valence-corrected chi connectivity index (χ2v) is 11.5. The first-order chi connectivity index (χ1) is 23.5. The zero-order valence-electron chi connectivity index (χ0n) is 27.2. The number of hydrogen-bond acceptors (Lipinski definition) is 7. The highest BCUT2D eigenvalue weighted by Crippen LogP contribution is 2.39. The van der Waals surface area contributed by atoms with Gasteiger partial charge in [0, 0.05) is 12.6 Å². The van der Waals surface area contributed by atoms with Gasteiger partial charge >= 0.3 is 0 Å². The molecule has 1 aliphatic rings. The van der Waals surface area contributed by atoms with Gasteiger partial charge in [-0.05, 0) is 78.7 Å². The minimum Gasteiger partial charge on any atom is -0.491 e. The molecule has 48 heavy (non-hydrogen) atoms. The molecule has 0 N–H and O–H groups in total. The Morgan fingerprint density at radius 2 is 1.12 bits per heavy atom. The van der Waals surface area contributed by atoms with Gasteiger partial charge in [-0.15, -0.1) is 0 Å². The fourth-order valence-electron chi connectivity index (χ4n) is 5.75. The van der Waals surface area contributed by atoms with Gasteiger partial charge < -0.3 is 23.7 Å². The van der Waals surface area contributed by atoms with Crippen molar-refractivity contribution in [3.8, 4) is 23.0 Å². The SMILES string of the molecule is CON(C)C(=O)c1cc(C)cc([C@H]2O[C@H](COc3ccccc3)[C@@H](Oc3ccccc3)[C@H](Oc3ccccc3)[C@@H]2Oc2ccccc2)c1. The molecule has 6 rings (SSSR count). The number of rotatable bonds is 12. The van der Waals surface area contributed by atoms with E-state index in [1.165, 1.54) is 12.2 Å². The third-order valence-electron chi connectivity index (χ3n) is 8.07. The minimum absolute atomic E-state index is 0.161. The maximum atomic E-state index is 13.3. The molecule has 5 aromatic carbocycles. The van der Waals surface area contributed by atoms with Crippen molar-refractivity contribution in [2.24, 2.45) is 0 Å². The van der Waals surface area contributed by atoms with Gasteiger partial charge in [0.25, 0.3) is 5.91 Å². The fraction of sp³-hybridized carbons (Fsp3) is 0.225. The number of aryl methyl sites for hydroxylation is 1. The van der Waals surface area contributed by atoms with Crippen LogP contribution in [0.15, 0.2) is 140 Å². The summed E-state index contributed by atoms with van der Waals surface area (Å²) < 4.78 is 33.7. The van der Waals surface area contributed by atoms with Crippen molar-refractivity contribution in [2.75, 3.05) is 20.8 Å². The molecule has 5 aromatic rings. The van der Waals surface area contributed by atoms with Crippen LogP contribution in [0.4, 0.5) is 0 Å². The number of hydrogen-bond donors (Lipinski definition) is 0. The maximum Gasteiger partial charge on any atom is 0.277 e. The predicted octanol–water partition coefficient (Wildman–Crippen LogP) is 7.49. The molecule has 1 amide bonds. The first kappa shape index (κ1) is 32.6. The zero-order valence-corrected chi connectivity index (χ0v) is 27.2. The highest BCUT2D eigenvalue weighted by Gasteiger charge is 2.51. The minimum atomic E-state index is -0.723. The topological polar surface area (TPSA) is 75.7 Å². The van der Waals surface area contributed by atoms with Crippen LogP contribution in [0.5, 0.6) is 23.0 Å². The highest BCUT2D eigenvalue weighted by molar-refractivity contribution is 5.93. The summed E-state index contributed by atoms with van der Waals surface area (Å²) in [5.41, 5.74) is 2.08. The van der Waals surface area contributed by atoms with Crippen LogP contribution in [0.3, 0.4) is 0 Å². The molecular formula is C40H39NO7. The van der Waals surface area contributed by atoms with E-state index < -0.39 is 30.5 Å². The third-order valence-corrected chi connectivity index (χ3v) is 8.07. The molecule has 0 radical (unpaired) electrons. The van der Waals surface area contributed by atoms with Crippen molar-refractivity contribution in [3.63, 3.8) is 0 Å². The van der Waals surface area contributed by atoms with Crippen LogP contribution >= 0.6 is 0 Å². The summed E-state index contributed by atoms with van der Waals surface area (Å²) in [6.45, 7) is 2.10. The lowest BCUT2D eigenvalue weighted by molar-refractivity contribution is -0.210. The molecule has 0 spiro atoms. The first-order valence-electron chi connectivity index (χ1n) is 15.9. The Balaban J connectivity index is 1.48. The van der Waals surface area contributed by atoms with Crippen LogP contribution in [-0.2, 0) is 9.57 Å². The number of carbonyl (C=O) groups is 1. The maximum absolute atomic E-state index is 13.3. The molecule has 8 nitrogen and oxygen atoms in total. The number of nitrogens with zero attached hydrogens (tertiary/aromatic N) is 1. The molecule has 1 aliphatic heterocycles. The lowest BCUT2D eigenvalue weighted by atomic mass is 9.89. The summed E-state index contributed by atoms with van der Waals surface area (Å²) in [6, 6.07) is 44.0. The van der Waals surface area contributed by atoms with E-state index in [-0.39, 0.29) is 12.5 Å². The van der Waals surface area contributed by atoms with Crippen molar-refractivity contribution >= 4 is 5.91 Å². The van der Waals surface area contributed by atoms with Crippen LogP contribution in [-0.4, -0.2) is 56.2 Å². The number of hydroxylamine groups is 2. The summed E-state index contributed by atoms with van der Waals surface area (Å²) in [7, 11) is 3.04. The second kappa shape index (κ2) is 15.5. The van der Waals surface area contributed by atoms with Gasteiger partial charge in [0.15, 0.2) is 18.3 Å². The van der Waals surface area contributed by atoms with Gasteiger partial charge in [0.05, 0.1) is 7.11 Å². The molecule has 0 saturated carbocycles. The van der Waals surface area contributed by atoms with Crippen molar-refractivity contribution in [1.82, 2.24) is 5.06 Å². The van der Waals surface area contributed by atoms with E-state index in [0.29, 0.717) is 28.6 Å². The molecule has 0 bridgehead atoms. The van der Waals surface area contributed by atoms with Gasteiger partial charge in [-0.3, -0.25) is 9.63 Å². The molecule has 5 atom stereocenters. The average molecular weight is 646 g/mol. The summed E-state index contributed by atoms with van der Waals surface area (Å²) in [5.74, 6) is 2.35. The summed E-state index contributed by atoms with van der Waals surface area (Å²) in [5, 5.41) is 1.19. The Bertz CT molecular complexity index is 1740. The fourth-order valence-corrected chi connectivity index (χ4v) is 5.75. The number of ether oxygens (including phenoxy) is 5. The second-order valence-electron chi connectivity index (χ2n) is 11.5. The van der Waals surface area contributed by atoms with Crippen LogP contribution in [0.25, 0.3) is 0 Å². The molecule has 1 fully saturated rings. The summed E-state index contributed by atoms with van der Waals surface area (Å²) in [6.07, 6.45) is -3.41. The highest BCUT2D eigenvalue weighted by atomic mass is 16.7. The van der Waals surface area contributed by atoms with E-state index in [2.05, 4.69) is 0 Å². The zero-order chi connectivity index (χ0) is 33.3. The first-order valence-corrected chi connectivity index (χ1v) is 15.9. The largest absolute Gasteiger partial charge is 0.491 e.